The van der Waals surface area contributed by atoms with Gasteiger partial charge in [-0.2, -0.15) is 0 Å². The monoisotopic (exact) mass is 242 g/mol. The fraction of sp³-hybridized carbons (Fsp3) is 0.500. The van der Waals surface area contributed by atoms with Gasteiger partial charge in [-0.25, -0.2) is 8.42 Å². The molecule has 0 saturated carbocycles. The standard InChI is InChI=1S/C12H18O3S/c1-10-4-6-11(7-5-10)16(14,15)12(2,3)8-9-13/h4-7,13H,8-9H2,1-3H3. The second-order valence-electron chi connectivity index (χ2n) is 4.55. The van der Waals surface area contributed by atoms with Gasteiger partial charge in [-0.05, 0) is 39.3 Å². The number of aliphatic hydroxyl groups is 1. The first kappa shape index (κ1) is 13.2. The van der Waals surface area contributed by atoms with E-state index in [4.69, 9.17) is 5.11 Å². The van der Waals surface area contributed by atoms with E-state index < -0.39 is 14.6 Å². The van der Waals surface area contributed by atoms with Crippen molar-refractivity contribution in [1.29, 1.82) is 0 Å². The molecule has 0 radical (unpaired) electrons. The van der Waals surface area contributed by atoms with Crippen molar-refractivity contribution < 1.29 is 13.5 Å². The van der Waals surface area contributed by atoms with Gasteiger partial charge in [0, 0.05) is 6.61 Å². The van der Waals surface area contributed by atoms with Crippen molar-refractivity contribution in [2.45, 2.75) is 36.8 Å². The smallest absolute Gasteiger partial charge is 0.183 e. The third-order valence-corrected chi connectivity index (χ3v) is 5.32. The summed E-state index contributed by atoms with van der Waals surface area (Å²) in [6, 6.07) is 6.79. The van der Waals surface area contributed by atoms with Gasteiger partial charge in [-0.15, -0.1) is 0 Å². The Labute approximate surface area is 97.0 Å². The maximum absolute atomic E-state index is 12.2. The van der Waals surface area contributed by atoms with Crippen LogP contribution >= 0.6 is 0 Å². The van der Waals surface area contributed by atoms with Crippen molar-refractivity contribution in [1.82, 2.24) is 0 Å². The average molecular weight is 242 g/mol. The zero-order valence-corrected chi connectivity index (χ0v) is 10.7. The van der Waals surface area contributed by atoms with Gasteiger partial charge in [0.15, 0.2) is 9.84 Å². The molecule has 0 atom stereocenters. The van der Waals surface area contributed by atoms with E-state index in [0.29, 0.717) is 4.90 Å². The molecule has 16 heavy (non-hydrogen) atoms. The van der Waals surface area contributed by atoms with Gasteiger partial charge in [-0.3, -0.25) is 0 Å². The molecular formula is C12H18O3S. The van der Waals surface area contributed by atoms with Crippen LogP contribution in [0.2, 0.25) is 0 Å². The molecule has 1 N–H and O–H groups in total. The van der Waals surface area contributed by atoms with Crippen molar-refractivity contribution >= 4 is 9.84 Å². The quantitative estimate of drug-likeness (QED) is 0.877. The SMILES string of the molecule is Cc1ccc(S(=O)(=O)C(C)(C)CCO)cc1. The summed E-state index contributed by atoms with van der Waals surface area (Å²) < 4.78 is 23.6. The van der Waals surface area contributed by atoms with E-state index in [9.17, 15) is 8.42 Å². The molecule has 0 fully saturated rings. The van der Waals surface area contributed by atoms with E-state index in [1.807, 2.05) is 6.92 Å². The van der Waals surface area contributed by atoms with Gasteiger partial charge < -0.3 is 5.11 Å². The number of aryl methyl sites for hydroxylation is 1. The average Bonchev–Trinajstić information content (AvgIpc) is 2.18. The molecule has 1 aromatic carbocycles. The van der Waals surface area contributed by atoms with Crippen LogP contribution in [0.25, 0.3) is 0 Å². The molecule has 3 nitrogen and oxygen atoms in total. The Morgan fingerprint density at radius 2 is 1.69 bits per heavy atom. The minimum Gasteiger partial charge on any atom is -0.396 e. The van der Waals surface area contributed by atoms with Crippen LogP contribution in [-0.4, -0.2) is 24.9 Å². The zero-order valence-electron chi connectivity index (χ0n) is 9.90. The molecule has 0 saturated heterocycles. The van der Waals surface area contributed by atoms with Crippen molar-refractivity contribution in [3.8, 4) is 0 Å². The predicted octanol–water partition coefficient (Wildman–Crippen LogP) is 1.93. The molecule has 1 aromatic rings. The summed E-state index contributed by atoms with van der Waals surface area (Å²) in [6.07, 6.45) is 0.239. The third-order valence-electron chi connectivity index (χ3n) is 2.77. The summed E-state index contributed by atoms with van der Waals surface area (Å²) in [5.41, 5.74) is 1.03. The highest BCUT2D eigenvalue weighted by Crippen LogP contribution is 2.28. The highest BCUT2D eigenvalue weighted by molar-refractivity contribution is 7.92. The van der Waals surface area contributed by atoms with Crippen LogP contribution in [0.3, 0.4) is 0 Å². The lowest BCUT2D eigenvalue weighted by atomic mass is 10.1. The van der Waals surface area contributed by atoms with Gasteiger partial charge in [-0.1, -0.05) is 17.7 Å². The summed E-state index contributed by atoms with van der Waals surface area (Å²) in [4.78, 5) is 0.316. The summed E-state index contributed by atoms with van der Waals surface area (Å²) in [5.74, 6) is 0. The van der Waals surface area contributed by atoms with E-state index in [1.54, 1.807) is 38.1 Å². The summed E-state index contributed by atoms with van der Waals surface area (Å²) in [7, 11) is -3.38. The van der Waals surface area contributed by atoms with Crippen LogP contribution in [0, 0.1) is 6.92 Å². The van der Waals surface area contributed by atoms with E-state index in [1.165, 1.54) is 0 Å². The summed E-state index contributed by atoms with van der Waals surface area (Å²) in [6.45, 7) is 5.06. The molecule has 0 aliphatic heterocycles. The lowest BCUT2D eigenvalue weighted by molar-refractivity contribution is 0.272. The lowest BCUT2D eigenvalue weighted by Gasteiger charge is -2.23. The molecule has 0 heterocycles. The molecule has 90 valence electrons. The molecule has 0 bridgehead atoms. The molecular weight excluding hydrogens is 224 g/mol. The zero-order chi connectivity index (χ0) is 12.4. The molecule has 0 unspecified atom stereocenters. The Hall–Kier alpha value is -0.870. The van der Waals surface area contributed by atoms with E-state index in [0.717, 1.165) is 5.56 Å². The summed E-state index contributed by atoms with van der Waals surface area (Å²) in [5, 5.41) is 8.89. The van der Waals surface area contributed by atoms with Crippen LogP contribution in [0.15, 0.2) is 29.2 Å². The van der Waals surface area contributed by atoms with Crippen LogP contribution in [0.4, 0.5) is 0 Å². The van der Waals surface area contributed by atoms with Crippen LogP contribution < -0.4 is 0 Å². The predicted molar refractivity (Wildman–Crippen MR) is 64.1 cm³/mol. The highest BCUT2D eigenvalue weighted by atomic mass is 32.2. The van der Waals surface area contributed by atoms with Crippen molar-refractivity contribution in [2.24, 2.45) is 0 Å². The number of sulfone groups is 1. The molecule has 0 aromatic heterocycles. The topological polar surface area (TPSA) is 54.4 Å². The first-order valence-corrected chi connectivity index (χ1v) is 6.72. The first-order chi connectivity index (χ1) is 7.31. The van der Waals surface area contributed by atoms with Crippen molar-refractivity contribution in [3.05, 3.63) is 29.8 Å². The Balaban J connectivity index is 3.16. The van der Waals surface area contributed by atoms with Gasteiger partial charge in [0.25, 0.3) is 0 Å². The van der Waals surface area contributed by atoms with Gasteiger partial charge in [0.05, 0.1) is 9.64 Å². The minimum absolute atomic E-state index is 0.127. The maximum Gasteiger partial charge on any atom is 0.183 e. The Morgan fingerprint density at radius 1 is 1.19 bits per heavy atom. The van der Waals surface area contributed by atoms with Gasteiger partial charge in [0.1, 0.15) is 0 Å². The molecule has 1 rings (SSSR count). The minimum atomic E-state index is -3.38. The largest absolute Gasteiger partial charge is 0.396 e. The molecule has 4 heteroatoms. The second kappa shape index (κ2) is 4.55. The third kappa shape index (κ3) is 2.44. The number of rotatable bonds is 4. The van der Waals surface area contributed by atoms with Crippen molar-refractivity contribution in [3.63, 3.8) is 0 Å². The molecule has 0 spiro atoms. The maximum atomic E-state index is 12.2. The number of hydrogen-bond acceptors (Lipinski definition) is 3. The second-order valence-corrected chi connectivity index (χ2v) is 7.13. The van der Waals surface area contributed by atoms with E-state index in [-0.39, 0.29) is 13.0 Å². The van der Waals surface area contributed by atoms with Crippen molar-refractivity contribution in [2.75, 3.05) is 6.61 Å². The fourth-order valence-electron chi connectivity index (χ4n) is 1.44. The number of benzene rings is 1. The molecule has 0 aliphatic rings. The van der Waals surface area contributed by atoms with Gasteiger partial charge in [0.2, 0.25) is 0 Å². The van der Waals surface area contributed by atoms with Crippen LogP contribution in [0.1, 0.15) is 25.8 Å². The van der Waals surface area contributed by atoms with Crippen LogP contribution in [0.5, 0.6) is 0 Å². The van der Waals surface area contributed by atoms with Gasteiger partial charge >= 0.3 is 0 Å². The fourth-order valence-corrected chi connectivity index (χ4v) is 2.93. The Kier molecular flexibility index (Phi) is 3.76. The normalized spacial score (nSPS) is 12.8. The molecule has 0 amide bonds. The molecule has 0 aliphatic carbocycles. The van der Waals surface area contributed by atoms with Crippen LogP contribution in [-0.2, 0) is 9.84 Å². The first-order valence-electron chi connectivity index (χ1n) is 5.23. The summed E-state index contributed by atoms with van der Waals surface area (Å²) >= 11 is 0. The van der Waals surface area contributed by atoms with E-state index >= 15 is 0 Å². The Morgan fingerprint density at radius 3 is 2.12 bits per heavy atom. The number of hydrogen-bond donors (Lipinski definition) is 1. The number of aliphatic hydroxyl groups excluding tert-OH is 1. The van der Waals surface area contributed by atoms with E-state index in [2.05, 4.69) is 0 Å². The Bertz CT molecular complexity index is 444. The highest BCUT2D eigenvalue weighted by Gasteiger charge is 2.34. The lowest BCUT2D eigenvalue weighted by Crippen LogP contribution is -2.33.